The Morgan fingerprint density at radius 1 is 1.28 bits per heavy atom. The third kappa shape index (κ3) is 1.58. The van der Waals surface area contributed by atoms with Crippen LogP contribution in [-0.2, 0) is 0 Å². The molecule has 0 amide bonds. The standard InChI is InChI=1S/C13H17N5/c1-2-10-8-17(9-11(10)14-5-1)12-4-7-18-13(16-12)3-6-15-18/h3-4,6-7,10-11,14H,1-2,5,8-9H2/t10-,11+/m0/s1. The van der Waals surface area contributed by atoms with Crippen molar-refractivity contribution in [2.45, 2.75) is 18.9 Å². The van der Waals surface area contributed by atoms with Crippen molar-refractivity contribution in [1.82, 2.24) is 19.9 Å². The summed E-state index contributed by atoms with van der Waals surface area (Å²) in [6, 6.07) is 4.67. The lowest BCUT2D eigenvalue weighted by Gasteiger charge is -2.24. The number of aromatic nitrogens is 3. The van der Waals surface area contributed by atoms with Crippen LogP contribution in [0.15, 0.2) is 24.5 Å². The van der Waals surface area contributed by atoms with Crippen LogP contribution >= 0.6 is 0 Å². The minimum absolute atomic E-state index is 0.654. The van der Waals surface area contributed by atoms with Gasteiger partial charge < -0.3 is 10.2 Å². The van der Waals surface area contributed by atoms with Crippen molar-refractivity contribution in [2.24, 2.45) is 5.92 Å². The molecule has 0 bridgehead atoms. The fourth-order valence-electron chi connectivity index (χ4n) is 3.21. The highest BCUT2D eigenvalue weighted by atomic mass is 15.3. The normalized spacial score (nSPS) is 27.7. The molecule has 2 atom stereocenters. The molecule has 0 spiro atoms. The Labute approximate surface area is 106 Å². The summed E-state index contributed by atoms with van der Waals surface area (Å²) in [6.07, 6.45) is 6.44. The van der Waals surface area contributed by atoms with E-state index in [1.807, 2.05) is 16.8 Å². The van der Waals surface area contributed by atoms with Crippen molar-refractivity contribution >= 4 is 11.5 Å². The Morgan fingerprint density at radius 2 is 2.28 bits per heavy atom. The molecule has 2 fully saturated rings. The zero-order valence-corrected chi connectivity index (χ0v) is 10.3. The van der Waals surface area contributed by atoms with Crippen molar-refractivity contribution in [1.29, 1.82) is 0 Å². The number of anilines is 1. The fourth-order valence-corrected chi connectivity index (χ4v) is 3.21. The van der Waals surface area contributed by atoms with Crippen molar-refractivity contribution in [3.8, 4) is 0 Å². The second kappa shape index (κ2) is 3.95. The summed E-state index contributed by atoms with van der Waals surface area (Å²) >= 11 is 0. The van der Waals surface area contributed by atoms with Crippen LogP contribution in [0.25, 0.3) is 5.65 Å². The smallest absolute Gasteiger partial charge is 0.157 e. The van der Waals surface area contributed by atoms with Gasteiger partial charge in [-0.05, 0) is 31.4 Å². The van der Waals surface area contributed by atoms with E-state index in [9.17, 15) is 0 Å². The largest absolute Gasteiger partial charge is 0.355 e. The van der Waals surface area contributed by atoms with Crippen molar-refractivity contribution in [3.63, 3.8) is 0 Å². The average Bonchev–Trinajstić information content (AvgIpc) is 3.04. The van der Waals surface area contributed by atoms with E-state index in [2.05, 4.69) is 26.4 Å². The quantitative estimate of drug-likeness (QED) is 0.809. The summed E-state index contributed by atoms with van der Waals surface area (Å²) in [5.74, 6) is 1.88. The molecular formula is C13H17N5. The van der Waals surface area contributed by atoms with Crippen LogP contribution in [0.2, 0.25) is 0 Å². The molecule has 5 heteroatoms. The number of hydrogen-bond acceptors (Lipinski definition) is 4. The van der Waals surface area contributed by atoms with Crippen LogP contribution in [0.4, 0.5) is 5.82 Å². The molecule has 0 aromatic carbocycles. The summed E-state index contributed by atoms with van der Waals surface area (Å²) in [7, 11) is 0. The van der Waals surface area contributed by atoms with E-state index >= 15 is 0 Å². The molecule has 2 aliphatic heterocycles. The second-order valence-corrected chi connectivity index (χ2v) is 5.29. The van der Waals surface area contributed by atoms with Gasteiger partial charge in [-0.3, -0.25) is 0 Å². The van der Waals surface area contributed by atoms with Gasteiger partial charge in [0.25, 0.3) is 0 Å². The van der Waals surface area contributed by atoms with Crippen LogP contribution in [0.5, 0.6) is 0 Å². The Kier molecular flexibility index (Phi) is 2.26. The average molecular weight is 243 g/mol. The number of nitrogens with zero attached hydrogens (tertiary/aromatic N) is 4. The van der Waals surface area contributed by atoms with E-state index in [0.717, 1.165) is 30.5 Å². The third-order valence-electron chi connectivity index (χ3n) is 4.17. The summed E-state index contributed by atoms with van der Waals surface area (Å²) < 4.78 is 1.81. The van der Waals surface area contributed by atoms with Crippen LogP contribution in [0, 0.1) is 5.92 Å². The summed E-state index contributed by atoms with van der Waals surface area (Å²) in [6.45, 7) is 3.39. The summed E-state index contributed by atoms with van der Waals surface area (Å²) in [5, 5.41) is 7.81. The fraction of sp³-hybridized carbons (Fsp3) is 0.538. The highest BCUT2D eigenvalue weighted by Gasteiger charge is 2.34. The first-order chi connectivity index (χ1) is 8.90. The van der Waals surface area contributed by atoms with E-state index in [-0.39, 0.29) is 0 Å². The predicted octanol–water partition coefficient (Wildman–Crippen LogP) is 0.917. The maximum absolute atomic E-state index is 4.67. The molecule has 1 N–H and O–H groups in total. The van der Waals surface area contributed by atoms with Gasteiger partial charge in [-0.15, -0.1) is 0 Å². The molecule has 0 radical (unpaired) electrons. The Hall–Kier alpha value is -1.62. The molecule has 5 nitrogen and oxygen atoms in total. The highest BCUT2D eigenvalue weighted by Crippen LogP contribution is 2.28. The predicted molar refractivity (Wildman–Crippen MR) is 69.7 cm³/mol. The molecule has 2 aliphatic rings. The van der Waals surface area contributed by atoms with Crippen LogP contribution in [0.1, 0.15) is 12.8 Å². The van der Waals surface area contributed by atoms with E-state index < -0.39 is 0 Å². The lowest BCUT2D eigenvalue weighted by molar-refractivity contribution is 0.340. The minimum Gasteiger partial charge on any atom is -0.355 e. The molecule has 0 aliphatic carbocycles. The molecule has 94 valence electrons. The number of hydrogen-bond donors (Lipinski definition) is 1. The molecule has 0 unspecified atom stereocenters. The van der Waals surface area contributed by atoms with Crippen LogP contribution in [0.3, 0.4) is 0 Å². The lowest BCUT2D eigenvalue weighted by atomic mass is 9.94. The van der Waals surface area contributed by atoms with Crippen LogP contribution < -0.4 is 10.2 Å². The molecule has 4 heterocycles. The van der Waals surface area contributed by atoms with Gasteiger partial charge in [-0.2, -0.15) is 5.10 Å². The lowest BCUT2D eigenvalue weighted by Crippen LogP contribution is -2.40. The van der Waals surface area contributed by atoms with Crippen molar-refractivity contribution < 1.29 is 0 Å². The summed E-state index contributed by atoms with van der Waals surface area (Å²) in [5.41, 5.74) is 0.926. The van der Waals surface area contributed by atoms with E-state index in [4.69, 9.17) is 0 Å². The van der Waals surface area contributed by atoms with Gasteiger partial charge in [0.1, 0.15) is 5.82 Å². The Bertz CT molecular complexity index is 549. The molecule has 2 aromatic heterocycles. The van der Waals surface area contributed by atoms with E-state index in [0.29, 0.717) is 6.04 Å². The van der Waals surface area contributed by atoms with E-state index in [1.54, 1.807) is 6.20 Å². The number of rotatable bonds is 1. The topological polar surface area (TPSA) is 45.5 Å². The third-order valence-corrected chi connectivity index (χ3v) is 4.17. The Morgan fingerprint density at radius 3 is 3.22 bits per heavy atom. The van der Waals surface area contributed by atoms with Gasteiger partial charge in [-0.1, -0.05) is 0 Å². The van der Waals surface area contributed by atoms with Crippen molar-refractivity contribution in [2.75, 3.05) is 24.5 Å². The monoisotopic (exact) mass is 243 g/mol. The Balaban J connectivity index is 1.62. The highest BCUT2D eigenvalue weighted by molar-refractivity contribution is 5.48. The molecule has 2 aromatic rings. The van der Waals surface area contributed by atoms with Gasteiger partial charge in [-0.25, -0.2) is 9.50 Å². The number of nitrogens with one attached hydrogen (secondary N) is 1. The summed E-state index contributed by atoms with van der Waals surface area (Å²) in [4.78, 5) is 7.08. The second-order valence-electron chi connectivity index (χ2n) is 5.29. The first-order valence-corrected chi connectivity index (χ1v) is 6.69. The first-order valence-electron chi connectivity index (χ1n) is 6.69. The van der Waals surface area contributed by atoms with Gasteiger partial charge in [0.15, 0.2) is 5.65 Å². The van der Waals surface area contributed by atoms with Gasteiger partial charge in [0, 0.05) is 31.4 Å². The first kappa shape index (κ1) is 10.3. The minimum atomic E-state index is 0.654. The number of piperidine rings is 1. The van der Waals surface area contributed by atoms with Gasteiger partial charge in [0.05, 0.1) is 6.20 Å². The molecule has 18 heavy (non-hydrogen) atoms. The van der Waals surface area contributed by atoms with Gasteiger partial charge in [0.2, 0.25) is 0 Å². The maximum Gasteiger partial charge on any atom is 0.157 e. The molecule has 0 saturated carbocycles. The molecular weight excluding hydrogens is 226 g/mol. The van der Waals surface area contributed by atoms with E-state index in [1.165, 1.54) is 19.4 Å². The SMILES string of the molecule is c1cc2nc(N3C[C@@H]4CCCN[C@@H]4C3)ccn2n1. The molecule has 2 saturated heterocycles. The van der Waals surface area contributed by atoms with Crippen molar-refractivity contribution in [3.05, 3.63) is 24.5 Å². The zero-order chi connectivity index (χ0) is 11.9. The maximum atomic E-state index is 4.67. The van der Waals surface area contributed by atoms with Gasteiger partial charge >= 0.3 is 0 Å². The molecule has 4 rings (SSSR count). The number of fused-ring (bicyclic) bond motifs is 2. The zero-order valence-electron chi connectivity index (χ0n) is 10.3. The van der Waals surface area contributed by atoms with Crippen LogP contribution in [-0.4, -0.2) is 40.3 Å².